The fourth-order valence-electron chi connectivity index (χ4n) is 3.08. The van der Waals surface area contributed by atoms with Crippen LogP contribution in [0.15, 0.2) is 0 Å². The monoisotopic (exact) mass is 283 g/mol. The fourth-order valence-corrected chi connectivity index (χ4v) is 3.08. The maximum absolute atomic E-state index is 11.5. The number of primary amides is 1. The molecule has 0 aliphatic carbocycles. The van der Waals surface area contributed by atoms with Crippen molar-refractivity contribution in [1.82, 2.24) is 9.80 Å². The van der Waals surface area contributed by atoms with Crippen molar-refractivity contribution in [1.29, 1.82) is 0 Å². The summed E-state index contributed by atoms with van der Waals surface area (Å²) in [6.45, 7) is 6.65. The lowest BCUT2D eigenvalue weighted by molar-refractivity contribution is -0.124. The van der Waals surface area contributed by atoms with Gasteiger partial charge in [-0.05, 0) is 58.9 Å². The first-order chi connectivity index (χ1) is 9.31. The van der Waals surface area contributed by atoms with Gasteiger partial charge in [-0.15, -0.1) is 0 Å². The van der Waals surface area contributed by atoms with Crippen LogP contribution in [0.2, 0.25) is 0 Å². The van der Waals surface area contributed by atoms with Gasteiger partial charge in [0.15, 0.2) is 0 Å². The highest BCUT2D eigenvalue weighted by molar-refractivity contribution is 5.80. The van der Waals surface area contributed by atoms with E-state index >= 15 is 0 Å². The van der Waals surface area contributed by atoms with Crippen molar-refractivity contribution in [3.63, 3.8) is 0 Å². The highest BCUT2D eigenvalue weighted by atomic mass is 16.1. The molecule has 2 N–H and O–H groups in total. The minimum absolute atomic E-state index is 0.183. The zero-order chi connectivity index (χ0) is 15.3. The van der Waals surface area contributed by atoms with Gasteiger partial charge in [0.05, 0.1) is 6.04 Å². The van der Waals surface area contributed by atoms with Crippen LogP contribution in [0.4, 0.5) is 0 Å². The first kappa shape index (κ1) is 17.1. The molecule has 0 saturated carbocycles. The molecule has 1 fully saturated rings. The van der Waals surface area contributed by atoms with Crippen LogP contribution < -0.4 is 5.73 Å². The first-order valence-corrected chi connectivity index (χ1v) is 7.46. The van der Waals surface area contributed by atoms with Gasteiger partial charge in [-0.3, -0.25) is 9.69 Å². The number of carbonyl (C=O) groups excluding carboxylic acids is 2. The van der Waals surface area contributed by atoms with Crippen LogP contribution >= 0.6 is 0 Å². The standard InChI is InChI=1S/C15H29N3O2/c1-12(2)13(14(16)20)18(4)10-7-15(11-19)5-8-17(3)9-6-15/h11-13H,5-10H2,1-4H3,(H2,16,20). The second kappa shape index (κ2) is 7.18. The summed E-state index contributed by atoms with van der Waals surface area (Å²) in [6.07, 6.45) is 3.74. The first-order valence-electron chi connectivity index (χ1n) is 7.46. The number of hydrogen-bond donors (Lipinski definition) is 1. The van der Waals surface area contributed by atoms with E-state index < -0.39 is 0 Å². The molecule has 20 heavy (non-hydrogen) atoms. The number of rotatable bonds is 7. The summed E-state index contributed by atoms with van der Waals surface area (Å²) in [4.78, 5) is 27.3. The SMILES string of the molecule is CC(C)C(C(N)=O)N(C)CCC1(C=O)CCN(C)CC1. The number of aldehydes is 1. The van der Waals surface area contributed by atoms with Gasteiger partial charge in [-0.25, -0.2) is 0 Å². The van der Waals surface area contributed by atoms with Crippen molar-refractivity contribution >= 4 is 12.2 Å². The van der Waals surface area contributed by atoms with Crippen molar-refractivity contribution in [2.45, 2.75) is 39.2 Å². The van der Waals surface area contributed by atoms with Gasteiger partial charge in [0.1, 0.15) is 6.29 Å². The van der Waals surface area contributed by atoms with E-state index in [-0.39, 0.29) is 23.3 Å². The Morgan fingerprint density at radius 3 is 2.35 bits per heavy atom. The van der Waals surface area contributed by atoms with Crippen LogP contribution in [0.3, 0.4) is 0 Å². The van der Waals surface area contributed by atoms with Crippen molar-refractivity contribution in [2.75, 3.05) is 33.7 Å². The quantitative estimate of drug-likeness (QED) is 0.700. The molecule has 1 unspecified atom stereocenters. The van der Waals surface area contributed by atoms with E-state index in [0.29, 0.717) is 0 Å². The van der Waals surface area contributed by atoms with Gasteiger partial charge in [0, 0.05) is 5.41 Å². The smallest absolute Gasteiger partial charge is 0.235 e. The van der Waals surface area contributed by atoms with Crippen molar-refractivity contribution in [2.24, 2.45) is 17.1 Å². The number of carbonyl (C=O) groups is 2. The van der Waals surface area contributed by atoms with Gasteiger partial charge in [-0.1, -0.05) is 13.8 Å². The molecule has 1 aliphatic heterocycles. The molecule has 1 aliphatic rings. The molecule has 1 atom stereocenters. The third kappa shape index (κ3) is 4.28. The summed E-state index contributed by atoms with van der Waals surface area (Å²) < 4.78 is 0. The van der Waals surface area contributed by atoms with E-state index in [1.807, 2.05) is 25.8 Å². The Labute approximate surface area is 122 Å². The van der Waals surface area contributed by atoms with Crippen LogP contribution in [0.1, 0.15) is 33.1 Å². The van der Waals surface area contributed by atoms with Crippen LogP contribution in [0, 0.1) is 11.3 Å². The summed E-state index contributed by atoms with van der Waals surface area (Å²) in [6, 6.07) is -0.259. The maximum atomic E-state index is 11.5. The molecule has 1 amide bonds. The van der Waals surface area contributed by atoms with Crippen LogP contribution in [-0.2, 0) is 9.59 Å². The third-order valence-electron chi connectivity index (χ3n) is 4.59. The molecule has 1 saturated heterocycles. The molecule has 0 bridgehead atoms. The average molecular weight is 283 g/mol. The Balaban J connectivity index is 2.59. The summed E-state index contributed by atoms with van der Waals surface area (Å²) in [7, 11) is 4.01. The molecule has 0 aromatic rings. The Bertz CT molecular complexity index is 336. The number of likely N-dealkylation sites (tertiary alicyclic amines) is 1. The van der Waals surface area contributed by atoms with E-state index in [2.05, 4.69) is 11.9 Å². The summed E-state index contributed by atoms with van der Waals surface area (Å²) in [5.74, 6) is -0.104. The number of nitrogens with zero attached hydrogens (tertiary/aromatic N) is 2. The number of likely N-dealkylation sites (N-methyl/N-ethyl adjacent to an activating group) is 1. The predicted octanol–water partition coefficient (Wildman–Crippen LogP) is 0.729. The molecule has 5 nitrogen and oxygen atoms in total. The third-order valence-corrected chi connectivity index (χ3v) is 4.59. The number of hydrogen-bond acceptors (Lipinski definition) is 4. The average Bonchev–Trinajstić information content (AvgIpc) is 2.38. The van der Waals surface area contributed by atoms with Crippen molar-refractivity contribution in [3.05, 3.63) is 0 Å². The van der Waals surface area contributed by atoms with Crippen molar-refractivity contribution < 1.29 is 9.59 Å². The summed E-state index contributed by atoms with van der Waals surface area (Å²) in [5, 5.41) is 0. The Morgan fingerprint density at radius 1 is 1.40 bits per heavy atom. The highest BCUT2D eigenvalue weighted by Gasteiger charge is 2.34. The van der Waals surface area contributed by atoms with Crippen LogP contribution in [0.5, 0.6) is 0 Å². The maximum Gasteiger partial charge on any atom is 0.235 e. The molecule has 1 heterocycles. The summed E-state index contributed by atoms with van der Waals surface area (Å²) in [5.41, 5.74) is 5.25. The predicted molar refractivity (Wildman–Crippen MR) is 80.3 cm³/mol. The zero-order valence-corrected chi connectivity index (χ0v) is 13.3. The number of piperidine rings is 1. The molecule has 0 aromatic heterocycles. The van der Waals surface area contributed by atoms with Gasteiger partial charge >= 0.3 is 0 Å². The van der Waals surface area contributed by atoms with Gasteiger partial charge in [0.25, 0.3) is 0 Å². The van der Waals surface area contributed by atoms with E-state index in [0.717, 1.165) is 45.2 Å². The molecular formula is C15H29N3O2. The zero-order valence-electron chi connectivity index (χ0n) is 13.3. The van der Waals surface area contributed by atoms with E-state index in [1.54, 1.807) is 0 Å². The van der Waals surface area contributed by atoms with Crippen LogP contribution in [-0.4, -0.2) is 61.8 Å². The lowest BCUT2D eigenvalue weighted by Gasteiger charge is -2.38. The van der Waals surface area contributed by atoms with E-state index in [9.17, 15) is 9.59 Å². The Hall–Kier alpha value is -0.940. The Morgan fingerprint density at radius 2 is 1.95 bits per heavy atom. The molecule has 116 valence electrons. The Kier molecular flexibility index (Phi) is 6.14. The van der Waals surface area contributed by atoms with E-state index in [1.165, 1.54) is 0 Å². The number of nitrogens with two attached hydrogens (primary N) is 1. The molecular weight excluding hydrogens is 254 g/mol. The van der Waals surface area contributed by atoms with Gasteiger partial charge < -0.3 is 15.4 Å². The largest absolute Gasteiger partial charge is 0.368 e. The van der Waals surface area contributed by atoms with E-state index in [4.69, 9.17) is 5.73 Å². The highest BCUT2D eigenvalue weighted by Crippen LogP contribution is 2.32. The molecule has 0 spiro atoms. The topological polar surface area (TPSA) is 66.6 Å². The normalized spacial score (nSPS) is 21.1. The molecule has 0 aromatic carbocycles. The van der Waals surface area contributed by atoms with Crippen LogP contribution in [0.25, 0.3) is 0 Å². The lowest BCUT2D eigenvalue weighted by Crippen LogP contribution is -2.48. The summed E-state index contributed by atoms with van der Waals surface area (Å²) >= 11 is 0. The van der Waals surface area contributed by atoms with Gasteiger partial charge in [0.2, 0.25) is 5.91 Å². The molecule has 1 rings (SSSR count). The second-order valence-corrected chi connectivity index (χ2v) is 6.61. The lowest BCUT2D eigenvalue weighted by atomic mass is 9.77. The number of amides is 1. The fraction of sp³-hybridized carbons (Fsp3) is 0.867. The molecule has 5 heteroatoms. The van der Waals surface area contributed by atoms with Crippen molar-refractivity contribution in [3.8, 4) is 0 Å². The minimum Gasteiger partial charge on any atom is -0.368 e. The minimum atomic E-state index is -0.286. The second-order valence-electron chi connectivity index (χ2n) is 6.61. The van der Waals surface area contributed by atoms with Gasteiger partial charge in [-0.2, -0.15) is 0 Å². The molecule has 0 radical (unpaired) electrons.